The van der Waals surface area contributed by atoms with Crippen LogP contribution in [-0.2, 0) is 25.6 Å². The lowest BCUT2D eigenvalue weighted by atomic mass is 9.77. The van der Waals surface area contributed by atoms with Gasteiger partial charge in [-0.1, -0.05) is 61.7 Å². The Bertz CT molecular complexity index is 756. The second-order valence-corrected chi connectivity index (χ2v) is 7.95. The Labute approximate surface area is 160 Å². The highest BCUT2D eigenvalue weighted by molar-refractivity contribution is 5.91. The Balaban J connectivity index is 1.47. The minimum Gasteiger partial charge on any atom is -0.465 e. The van der Waals surface area contributed by atoms with Crippen molar-refractivity contribution in [2.24, 2.45) is 11.8 Å². The van der Waals surface area contributed by atoms with Crippen LogP contribution in [0.25, 0.3) is 0 Å². The molecule has 0 aliphatic carbocycles. The molecule has 3 heterocycles. The average molecular weight is 369 g/mol. The van der Waals surface area contributed by atoms with E-state index in [9.17, 15) is 9.59 Å². The molecule has 2 bridgehead atoms. The number of unbranched alkanes of at least 4 members (excludes halogenated alkanes) is 2. The van der Waals surface area contributed by atoms with Gasteiger partial charge in [-0.25, -0.2) is 0 Å². The highest BCUT2D eigenvalue weighted by Crippen LogP contribution is 2.52. The lowest BCUT2D eigenvalue weighted by Gasteiger charge is -2.22. The molecule has 2 saturated heterocycles. The third kappa shape index (κ3) is 3.18. The normalized spacial score (nSPS) is 30.8. The van der Waals surface area contributed by atoms with E-state index < -0.39 is 17.4 Å². The number of esters is 1. The summed E-state index contributed by atoms with van der Waals surface area (Å²) in [5, 5.41) is 0. The van der Waals surface area contributed by atoms with E-state index in [-0.39, 0.29) is 18.0 Å². The number of hydrogen-bond donors (Lipinski definition) is 0. The summed E-state index contributed by atoms with van der Waals surface area (Å²) in [6, 6.07) is 8.19. The number of hydrogen-bond acceptors (Lipinski definition) is 4. The monoisotopic (exact) mass is 369 g/mol. The number of rotatable bonds is 7. The first kappa shape index (κ1) is 18.2. The Hall–Kier alpha value is -2.14. The van der Waals surface area contributed by atoms with Gasteiger partial charge >= 0.3 is 5.97 Å². The predicted octanol–water partition coefficient (Wildman–Crippen LogP) is 3.01. The third-order valence-corrected chi connectivity index (χ3v) is 5.94. The summed E-state index contributed by atoms with van der Waals surface area (Å²) in [4.78, 5) is 27.6. The van der Waals surface area contributed by atoms with Gasteiger partial charge < -0.3 is 14.4 Å². The zero-order valence-electron chi connectivity index (χ0n) is 16.0. The SMILES string of the molecule is CCCCCOC(=O)[C@H]1[C@@H]2C=C[C@]3(CN(Cc4ccc(C)cc4)C(=O)[C@H]13)O2. The summed E-state index contributed by atoms with van der Waals surface area (Å²) in [6.45, 7) is 5.61. The molecule has 0 aromatic heterocycles. The number of nitrogens with zero attached hydrogens (tertiary/aromatic N) is 1. The van der Waals surface area contributed by atoms with Crippen LogP contribution in [0, 0.1) is 18.8 Å². The second-order valence-electron chi connectivity index (χ2n) is 7.95. The quantitative estimate of drug-likeness (QED) is 0.421. The molecule has 4 atom stereocenters. The van der Waals surface area contributed by atoms with Gasteiger partial charge in [0.15, 0.2) is 0 Å². The number of benzene rings is 1. The first-order chi connectivity index (χ1) is 13.0. The fraction of sp³-hybridized carbons (Fsp3) is 0.545. The smallest absolute Gasteiger partial charge is 0.312 e. The Kier molecular flexibility index (Phi) is 4.81. The summed E-state index contributed by atoms with van der Waals surface area (Å²) >= 11 is 0. The van der Waals surface area contributed by atoms with Crippen molar-refractivity contribution in [1.82, 2.24) is 4.90 Å². The molecule has 1 aromatic rings. The summed E-state index contributed by atoms with van der Waals surface area (Å²) in [5.41, 5.74) is 1.61. The molecular formula is C22H27NO4. The molecular weight excluding hydrogens is 342 g/mol. The summed E-state index contributed by atoms with van der Waals surface area (Å²) in [6.07, 6.45) is 6.55. The van der Waals surface area contributed by atoms with E-state index in [0.717, 1.165) is 24.8 Å². The first-order valence-electron chi connectivity index (χ1n) is 9.92. The largest absolute Gasteiger partial charge is 0.465 e. The van der Waals surface area contributed by atoms with E-state index in [1.165, 1.54) is 5.56 Å². The maximum atomic E-state index is 13.1. The Morgan fingerprint density at radius 1 is 1.30 bits per heavy atom. The van der Waals surface area contributed by atoms with Crippen LogP contribution < -0.4 is 0 Å². The fourth-order valence-corrected chi connectivity index (χ4v) is 4.52. The van der Waals surface area contributed by atoms with Gasteiger partial charge in [-0.15, -0.1) is 0 Å². The lowest BCUT2D eigenvalue weighted by molar-refractivity contribution is -0.154. The van der Waals surface area contributed by atoms with Gasteiger partial charge in [-0.05, 0) is 18.9 Å². The van der Waals surface area contributed by atoms with E-state index in [1.54, 1.807) is 0 Å². The number of aryl methyl sites for hydroxylation is 1. The minimum absolute atomic E-state index is 0.00191. The molecule has 27 heavy (non-hydrogen) atoms. The Morgan fingerprint density at radius 3 is 2.81 bits per heavy atom. The lowest BCUT2D eigenvalue weighted by Crippen LogP contribution is -2.40. The van der Waals surface area contributed by atoms with Crippen LogP contribution in [0.5, 0.6) is 0 Å². The van der Waals surface area contributed by atoms with Gasteiger partial charge in [0.2, 0.25) is 5.91 Å². The summed E-state index contributed by atoms with van der Waals surface area (Å²) < 4.78 is 11.6. The van der Waals surface area contributed by atoms with Crippen molar-refractivity contribution in [1.29, 1.82) is 0 Å². The highest BCUT2D eigenvalue weighted by Gasteiger charge is 2.67. The van der Waals surface area contributed by atoms with Crippen molar-refractivity contribution in [2.45, 2.75) is 51.4 Å². The second kappa shape index (κ2) is 7.12. The van der Waals surface area contributed by atoms with Crippen molar-refractivity contribution >= 4 is 11.9 Å². The van der Waals surface area contributed by atoms with Crippen molar-refractivity contribution < 1.29 is 19.1 Å². The van der Waals surface area contributed by atoms with E-state index in [4.69, 9.17) is 9.47 Å². The molecule has 2 fully saturated rings. The van der Waals surface area contributed by atoms with Crippen molar-refractivity contribution in [3.05, 3.63) is 47.5 Å². The molecule has 0 radical (unpaired) electrons. The van der Waals surface area contributed by atoms with Crippen LogP contribution in [-0.4, -0.2) is 41.6 Å². The van der Waals surface area contributed by atoms with Crippen molar-refractivity contribution in [3.8, 4) is 0 Å². The molecule has 1 spiro atoms. The van der Waals surface area contributed by atoms with Crippen molar-refractivity contribution in [2.75, 3.05) is 13.2 Å². The molecule has 3 aliphatic heterocycles. The molecule has 0 N–H and O–H groups in total. The third-order valence-electron chi connectivity index (χ3n) is 5.94. The van der Waals surface area contributed by atoms with Crippen LogP contribution in [0.15, 0.2) is 36.4 Å². The van der Waals surface area contributed by atoms with Gasteiger partial charge in [0, 0.05) is 6.54 Å². The fourth-order valence-electron chi connectivity index (χ4n) is 4.52. The van der Waals surface area contributed by atoms with Crippen molar-refractivity contribution in [3.63, 3.8) is 0 Å². The molecule has 1 amide bonds. The number of fused-ring (bicyclic) bond motifs is 1. The van der Waals surface area contributed by atoms with Crippen LogP contribution in [0.1, 0.15) is 37.3 Å². The molecule has 144 valence electrons. The number of carbonyl (C=O) groups excluding carboxylic acids is 2. The first-order valence-corrected chi connectivity index (χ1v) is 9.92. The predicted molar refractivity (Wildman–Crippen MR) is 101 cm³/mol. The average Bonchev–Trinajstić information content (AvgIpc) is 3.29. The standard InChI is InChI=1S/C22H27NO4/c1-3-4-5-12-26-21(25)18-17-10-11-22(27-17)14-23(20(24)19(18)22)13-16-8-6-15(2)7-9-16/h6-11,17-19H,3-5,12-14H2,1-2H3/t17-,18-,19-,22+/m0/s1. The molecule has 1 aromatic carbocycles. The van der Waals surface area contributed by atoms with E-state index >= 15 is 0 Å². The van der Waals surface area contributed by atoms with E-state index in [1.807, 2.05) is 48.2 Å². The molecule has 4 rings (SSSR count). The Morgan fingerprint density at radius 2 is 2.07 bits per heavy atom. The van der Waals surface area contributed by atoms with Crippen LogP contribution in [0.4, 0.5) is 0 Å². The number of amides is 1. The number of ether oxygens (including phenoxy) is 2. The highest BCUT2D eigenvalue weighted by atomic mass is 16.6. The zero-order valence-corrected chi connectivity index (χ0v) is 16.0. The van der Waals surface area contributed by atoms with Crippen LogP contribution >= 0.6 is 0 Å². The molecule has 5 nitrogen and oxygen atoms in total. The topological polar surface area (TPSA) is 55.8 Å². The summed E-state index contributed by atoms with van der Waals surface area (Å²) in [7, 11) is 0. The maximum Gasteiger partial charge on any atom is 0.312 e. The van der Waals surface area contributed by atoms with E-state index in [2.05, 4.69) is 6.92 Å². The molecule has 3 aliphatic rings. The molecule has 0 unspecified atom stereocenters. The van der Waals surface area contributed by atoms with Gasteiger partial charge in [-0.2, -0.15) is 0 Å². The number of likely N-dealkylation sites (tertiary alicyclic amines) is 1. The van der Waals surface area contributed by atoms with Gasteiger partial charge in [-0.3, -0.25) is 9.59 Å². The van der Waals surface area contributed by atoms with Gasteiger partial charge in [0.05, 0.1) is 25.2 Å². The van der Waals surface area contributed by atoms with Gasteiger partial charge in [0.25, 0.3) is 0 Å². The summed E-state index contributed by atoms with van der Waals surface area (Å²) in [5.74, 6) is -1.28. The van der Waals surface area contributed by atoms with Crippen LogP contribution in [0.2, 0.25) is 0 Å². The zero-order chi connectivity index (χ0) is 19.0. The molecule has 0 saturated carbocycles. The van der Waals surface area contributed by atoms with E-state index in [0.29, 0.717) is 19.7 Å². The van der Waals surface area contributed by atoms with Crippen LogP contribution in [0.3, 0.4) is 0 Å². The van der Waals surface area contributed by atoms with Gasteiger partial charge in [0.1, 0.15) is 11.5 Å². The maximum absolute atomic E-state index is 13.1. The number of carbonyl (C=O) groups is 2. The molecule has 5 heteroatoms. The minimum atomic E-state index is -0.667.